The predicted molar refractivity (Wildman–Crippen MR) is 69.1 cm³/mol. The molecule has 0 spiro atoms. The van der Waals surface area contributed by atoms with Crippen molar-refractivity contribution < 1.29 is 19.8 Å². The molecular formula is C12H14BrNO4. The number of carboxylic acids is 1. The van der Waals surface area contributed by atoms with Gasteiger partial charge in [0, 0.05) is 4.47 Å². The topological polar surface area (TPSA) is 86.6 Å². The van der Waals surface area contributed by atoms with Crippen LogP contribution in [0.25, 0.3) is 0 Å². The Morgan fingerprint density at radius 2 is 1.89 bits per heavy atom. The van der Waals surface area contributed by atoms with Gasteiger partial charge in [0.2, 0.25) is 5.91 Å². The number of nitrogens with one attached hydrogen (secondary N) is 1. The molecule has 0 aromatic heterocycles. The van der Waals surface area contributed by atoms with Gasteiger partial charge in [-0.2, -0.15) is 0 Å². The zero-order valence-corrected chi connectivity index (χ0v) is 11.4. The average molecular weight is 316 g/mol. The molecular weight excluding hydrogens is 302 g/mol. The van der Waals surface area contributed by atoms with Gasteiger partial charge in [-0.25, -0.2) is 4.79 Å². The average Bonchev–Trinajstić information content (AvgIpc) is 2.29. The minimum Gasteiger partial charge on any atom is -0.479 e. The first-order valence-corrected chi connectivity index (χ1v) is 6.07. The zero-order valence-electron chi connectivity index (χ0n) is 9.81. The van der Waals surface area contributed by atoms with Gasteiger partial charge in [-0.15, -0.1) is 0 Å². The van der Waals surface area contributed by atoms with Crippen molar-refractivity contribution in [1.82, 2.24) is 5.32 Å². The van der Waals surface area contributed by atoms with Crippen molar-refractivity contribution in [3.63, 3.8) is 0 Å². The van der Waals surface area contributed by atoms with E-state index >= 15 is 0 Å². The molecule has 5 nitrogen and oxygen atoms in total. The van der Waals surface area contributed by atoms with Gasteiger partial charge in [0.1, 0.15) is 0 Å². The Balaban J connectivity index is 2.48. The van der Waals surface area contributed by atoms with Crippen LogP contribution in [0.1, 0.15) is 12.5 Å². The maximum Gasteiger partial charge on any atom is 0.337 e. The summed E-state index contributed by atoms with van der Waals surface area (Å²) < 4.78 is 0.917. The van der Waals surface area contributed by atoms with Gasteiger partial charge >= 0.3 is 5.97 Å². The van der Waals surface area contributed by atoms with Crippen LogP contribution >= 0.6 is 15.9 Å². The Bertz CT molecular complexity index is 442. The monoisotopic (exact) mass is 315 g/mol. The molecule has 1 aromatic carbocycles. The first-order valence-electron chi connectivity index (χ1n) is 5.28. The fourth-order valence-electron chi connectivity index (χ4n) is 1.20. The maximum atomic E-state index is 11.5. The van der Waals surface area contributed by atoms with Crippen molar-refractivity contribution in [1.29, 1.82) is 0 Å². The van der Waals surface area contributed by atoms with Gasteiger partial charge in [0.25, 0.3) is 0 Å². The number of halogens is 1. The van der Waals surface area contributed by atoms with E-state index < -0.39 is 11.6 Å². The van der Waals surface area contributed by atoms with Crippen LogP contribution in [0.2, 0.25) is 0 Å². The molecule has 1 unspecified atom stereocenters. The Labute approximate surface area is 113 Å². The van der Waals surface area contributed by atoms with E-state index in [1.807, 2.05) is 12.1 Å². The number of hydrogen-bond acceptors (Lipinski definition) is 3. The maximum absolute atomic E-state index is 11.5. The van der Waals surface area contributed by atoms with E-state index in [4.69, 9.17) is 5.11 Å². The van der Waals surface area contributed by atoms with Crippen molar-refractivity contribution in [2.75, 3.05) is 6.54 Å². The van der Waals surface area contributed by atoms with Gasteiger partial charge in [-0.05, 0) is 24.6 Å². The quantitative estimate of drug-likeness (QED) is 0.755. The minimum absolute atomic E-state index is 0.142. The highest BCUT2D eigenvalue weighted by molar-refractivity contribution is 9.10. The van der Waals surface area contributed by atoms with Crippen LogP contribution in [-0.2, 0) is 16.0 Å². The number of carboxylic acid groups (broad SMARTS) is 1. The first kappa shape index (κ1) is 14.7. The summed E-state index contributed by atoms with van der Waals surface area (Å²) in [6.45, 7) is 0.812. The van der Waals surface area contributed by atoms with Gasteiger partial charge in [0.05, 0.1) is 13.0 Å². The molecule has 1 atom stereocenters. The van der Waals surface area contributed by atoms with Crippen LogP contribution in [0.4, 0.5) is 0 Å². The zero-order chi connectivity index (χ0) is 13.8. The third-order valence-corrected chi connectivity index (χ3v) is 2.90. The highest BCUT2D eigenvalue weighted by atomic mass is 79.9. The first-order chi connectivity index (χ1) is 8.31. The van der Waals surface area contributed by atoms with Crippen molar-refractivity contribution in [2.24, 2.45) is 0 Å². The molecule has 0 saturated heterocycles. The number of carbonyl (C=O) groups excluding carboxylic acids is 1. The number of aliphatic carboxylic acids is 1. The molecule has 0 aliphatic carbocycles. The van der Waals surface area contributed by atoms with E-state index in [1.54, 1.807) is 12.1 Å². The summed E-state index contributed by atoms with van der Waals surface area (Å²) in [4.78, 5) is 22.2. The molecule has 0 bridgehead atoms. The van der Waals surface area contributed by atoms with Crippen LogP contribution in [0.15, 0.2) is 28.7 Å². The Hall–Kier alpha value is -1.40. The molecule has 1 rings (SSSR count). The van der Waals surface area contributed by atoms with Gasteiger partial charge in [0.15, 0.2) is 5.60 Å². The molecule has 18 heavy (non-hydrogen) atoms. The largest absolute Gasteiger partial charge is 0.479 e. The lowest BCUT2D eigenvalue weighted by Crippen LogP contribution is -2.46. The number of hydrogen-bond donors (Lipinski definition) is 3. The fraction of sp³-hybridized carbons (Fsp3) is 0.333. The number of benzene rings is 1. The summed E-state index contributed by atoms with van der Waals surface area (Å²) >= 11 is 3.29. The highest BCUT2D eigenvalue weighted by Crippen LogP contribution is 2.11. The van der Waals surface area contributed by atoms with Crippen LogP contribution in [0, 0.1) is 0 Å². The minimum atomic E-state index is -1.95. The third kappa shape index (κ3) is 4.46. The third-order valence-electron chi connectivity index (χ3n) is 2.37. The smallest absolute Gasteiger partial charge is 0.337 e. The van der Waals surface area contributed by atoms with Crippen molar-refractivity contribution in [3.05, 3.63) is 34.3 Å². The van der Waals surface area contributed by atoms with Crippen LogP contribution in [0.3, 0.4) is 0 Å². The van der Waals surface area contributed by atoms with Crippen molar-refractivity contribution >= 4 is 27.8 Å². The lowest BCUT2D eigenvalue weighted by molar-refractivity contribution is -0.156. The molecule has 1 aromatic rings. The van der Waals surface area contributed by atoms with E-state index in [0.717, 1.165) is 17.0 Å². The molecule has 0 aliphatic rings. The lowest BCUT2D eigenvalue weighted by atomic mass is 10.1. The number of rotatable bonds is 5. The second-order valence-electron chi connectivity index (χ2n) is 4.16. The summed E-state index contributed by atoms with van der Waals surface area (Å²) in [6, 6.07) is 7.21. The summed E-state index contributed by atoms with van der Waals surface area (Å²) in [5, 5.41) is 20.5. The Morgan fingerprint density at radius 1 is 1.33 bits per heavy atom. The van der Waals surface area contributed by atoms with Gasteiger partial charge in [-0.3, -0.25) is 4.79 Å². The predicted octanol–water partition coefficient (Wildman–Crippen LogP) is 0.943. The van der Waals surface area contributed by atoms with Crippen LogP contribution in [0.5, 0.6) is 0 Å². The molecule has 1 amide bonds. The molecule has 98 valence electrons. The second kappa shape index (κ2) is 5.97. The molecule has 3 N–H and O–H groups in total. The molecule has 6 heteroatoms. The van der Waals surface area contributed by atoms with Crippen LogP contribution in [-0.4, -0.2) is 34.2 Å². The Morgan fingerprint density at radius 3 is 2.39 bits per heavy atom. The summed E-state index contributed by atoms with van der Waals surface area (Å²) in [7, 11) is 0. The summed E-state index contributed by atoms with van der Waals surface area (Å²) in [6.07, 6.45) is 0.142. The Kier molecular flexibility index (Phi) is 4.86. The van der Waals surface area contributed by atoms with E-state index in [1.165, 1.54) is 0 Å². The van der Waals surface area contributed by atoms with E-state index in [0.29, 0.717) is 0 Å². The molecule has 0 fully saturated rings. The molecule has 0 radical (unpaired) electrons. The van der Waals surface area contributed by atoms with Crippen molar-refractivity contribution in [2.45, 2.75) is 18.9 Å². The molecule has 0 saturated carbocycles. The molecule has 0 aliphatic heterocycles. The van der Waals surface area contributed by atoms with E-state index in [2.05, 4.69) is 21.2 Å². The standard InChI is InChI=1S/C12H14BrNO4/c1-12(18,11(16)17)7-14-10(15)6-8-2-4-9(13)5-3-8/h2-5,18H,6-7H2,1H3,(H,14,15)(H,16,17). The van der Waals surface area contributed by atoms with Crippen LogP contribution < -0.4 is 5.32 Å². The highest BCUT2D eigenvalue weighted by Gasteiger charge is 2.30. The number of amides is 1. The van der Waals surface area contributed by atoms with Gasteiger partial charge < -0.3 is 15.5 Å². The van der Waals surface area contributed by atoms with Gasteiger partial charge in [-0.1, -0.05) is 28.1 Å². The van der Waals surface area contributed by atoms with Crippen molar-refractivity contribution in [3.8, 4) is 0 Å². The lowest BCUT2D eigenvalue weighted by Gasteiger charge is -2.18. The molecule has 0 heterocycles. The number of aliphatic hydroxyl groups is 1. The normalized spacial score (nSPS) is 13.7. The SMILES string of the molecule is CC(O)(CNC(=O)Cc1ccc(Br)cc1)C(=O)O. The van der Waals surface area contributed by atoms with E-state index in [9.17, 15) is 14.7 Å². The van der Waals surface area contributed by atoms with E-state index in [-0.39, 0.29) is 18.9 Å². The summed E-state index contributed by atoms with van der Waals surface area (Å²) in [5.74, 6) is -1.70. The summed E-state index contributed by atoms with van der Waals surface area (Å²) in [5.41, 5.74) is -1.14. The second-order valence-corrected chi connectivity index (χ2v) is 5.07. The number of carbonyl (C=O) groups is 2. The fourth-order valence-corrected chi connectivity index (χ4v) is 1.46.